The van der Waals surface area contributed by atoms with Crippen molar-refractivity contribution in [2.45, 2.75) is 20.3 Å². The quantitative estimate of drug-likeness (QED) is 0.488. The summed E-state index contributed by atoms with van der Waals surface area (Å²) in [6.45, 7) is 3.18. The number of hydrogen-bond acceptors (Lipinski definition) is 6. The molecule has 0 aromatic heterocycles. The number of nitro benzene ring substituents is 1. The first-order chi connectivity index (χ1) is 10.8. The summed E-state index contributed by atoms with van der Waals surface area (Å²) in [5.41, 5.74) is 0.693. The van der Waals surface area contributed by atoms with Crippen molar-refractivity contribution in [2.75, 3.05) is 19.0 Å². The number of benzene rings is 1. The number of aryl methyl sites for hydroxylation is 1. The third-order valence-electron chi connectivity index (χ3n) is 3.75. The smallest absolute Gasteiger partial charge is 0.311 e. The molecule has 1 fully saturated rings. The summed E-state index contributed by atoms with van der Waals surface area (Å²) in [5.74, 6) is -0.633. The van der Waals surface area contributed by atoms with Gasteiger partial charge in [0.2, 0.25) is 0 Å². The molecule has 1 aliphatic rings. The summed E-state index contributed by atoms with van der Waals surface area (Å²) in [6, 6.07) is 2.68. The fourth-order valence-electron chi connectivity index (χ4n) is 2.19. The van der Waals surface area contributed by atoms with Crippen LogP contribution in [0.15, 0.2) is 12.1 Å². The molecule has 2 atom stereocenters. The van der Waals surface area contributed by atoms with Crippen LogP contribution in [0.4, 0.5) is 11.4 Å². The van der Waals surface area contributed by atoms with Crippen LogP contribution in [0, 0.1) is 28.9 Å². The number of hydrogen-bond donors (Lipinski definition) is 1. The van der Waals surface area contributed by atoms with Crippen LogP contribution >= 0.6 is 0 Å². The highest BCUT2D eigenvalue weighted by atomic mass is 16.6. The van der Waals surface area contributed by atoms with Crippen LogP contribution in [0.1, 0.15) is 18.9 Å². The summed E-state index contributed by atoms with van der Waals surface area (Å²) in [5, 5.41) is 13.5. The second kappa shape index (κ2) is 6.64. The Hall–Kier alpha value is -2.64. The second-order valence-corrected chi connectivity index (χ2v) is 5.57. The molecule has 8 nitrogen and oxygen atoms in total. The largest absolute Gasteiger partial charge is 0.490 e. The highest BCUT2D eigenvalue weighted by Crippen LogP contribution is 2.38. The Morgan fingerprint density at radius 3 is 2.61 bits per heavy atom. The van der Waals surface area contributed by atoms with Crippen molar-refractivity contribution >= 4 is 23.3 Å². The first-order valence-electron chi connectivity index (χ1n) is 7.13. The number of nitro groups is 1. The Labute approximate surface area is 132 Å². The van der Waals surface area contributed by atoms with E-state index in [0.29, 0.717) is 17.2 Å². The number of methoxy groups -OCH3 is 1. The van der Waals surface area contributed by atoms with E-state index in [1.165, 1.54) is 19.2 Å². The summed E-state index contributed by atoms with van der Waals surface area (Å²) in [4.78, 5) is 33.8. The molecule has 23 heavy (non-hydrogen) atoms. The second-order valence-electron chi connectivity index (χ2n) is 5.57. The molecule has 2 rings (SSSR count). The molecule has 1 aromatic carbocycles. The van der Waals surface area contributed by atoms with Gasteiger partial charge in [0.25, 0.3) is 5.91 Å². The van der Waals surface area contributed by atoms with Gasteiger partial charge in [-0.25, -0.2) is 0 Å². The monoisotopic (exact) mass is 322 g/mol. The molecule has 0 heterocycles. The van der Waals surface area contributed by atoms with Gasteiger partial charge in [0.1, 0.15) is 0 Å². The van der Waals surface area contributed by atoms with Gasteiger partial charge < -0.3 is 14.8 Å². The Balaban J connectivity index is 2.00. The molecule has 1 saturated carbocycles. The van der Waals surface area contributed by atoms with Crippen molar-refractivity contribution in [3.63, 3.8) is 0 Å². The molecule has 1 aliphatic carbocycles. The third kappa shape index (κ3) is 3.97. The molecule has 1 amide bonds. The lowest BCUT2D eigenvalue weighted by molar-refractivity contribution is -0.385. The SMILES string of the molecule is COc1cc(NC(=O)COC(=O)[C@H]2C[C@@H]2C)c(C)cc1[N+](=O)[O-]. The zero-order valence-electron chi connectivity index (χ0n) is 13.1. The maximum atomic E-state index is 11.8. The number of carbonyl (C=O) groups excluding carboxylic acids is 2. The molecule has 0 spiro atoms. The number of ether oxygens (including phenoxy) is 2. The molecule has 0 saturated heterocycles. The van der Waals surface area contributed by atoms with E-state index in [-0.39, 0.29) is 29.9 Å². The topological polar surface area (TPSA) is 108 Å². The van der Waals surface area contributed by atoms with E-state index >= 15 is 0 Å². The average molecular weight is 322 g/mol. The molecule has 1 N–H and O–H groups in total. The van der Waals surface area contributed by atoms with Crippen molar-refractivity contribution in [2.24, 2.45) is 11.8 Å². The van der Waals surface area contributed by atoms with Crippen LogP contribution in [0.25, 0.3) is 0 Å². The van der Waals surface area contributed by atoms with Crippen molar-refractivity contribution in [1.82, 2.24) is 0 Å². The van der Waals surface area contributed by atoms with Gasteiger partial charge in [-0.3, -0.25) is 19.7 Å². The Morgan fingerprint density at radius 1 is 1.43 bits per heavy atom. The highest BCUT2D eigenvalue weighted by molar-refractivity contribution is 5.94. The summed E-state index contributed by atoms with van der Waals surface area (Å²) in [6.07, 6.45) is 0.791. The molecule has 0 unspecified atom stereocenters. The van der Waals surface area contributed by atoms with Crippen molar-refractivity contribution < 1.29 is 24.0 Å². The zero-order chi connectivity index (χ0) is 17.1. The van der Waals surface area contributed by atoms with E-state index in [0.717, 1.165) is 6.42 Å². The first-order valence-corrected chi connectivity index (χ1v) is 7.13. The van der Waals surface area contributed by atoms with Gasteiger partial charge in [0.15, 0.2) is 12.4 Å². The van der Waals surface area contributed by atoms with Gasteiger partial charge in [-0.2, -0.15) is 0 Å². The van der Waals surface area contributed by atoms with Gasteiger partial charge in [0.05, 0.1) is 18.0 Å². The Bertz CT molecular complexity index is 658. The highest BCUT2D eigenvalue weighted by Gasteiger charge is 2.40. The van der Waals surface area contributed by atoms with E-state index in [2.05, 4.69) is 5.32 Å². The van der Waals surface area contributed by atoms with E-state index in [1.807, 2.05) is 6.92 Å². The number of carbonyl (C=O) groups is 2. The predicted molar refractivity (Wildman–Crippen MR) is 81.2 cm³/mol. The number of amides is 1. The van der Waals surface area contributed by atoms with Crippen molar-refractivity contribution in [3.05, 3.63) is 27.8 Å². The molecule has 0 aliphatic heterocycles. The molecule has 0 bridgehead atoms. The maximum absolute atomic E-state index is 11.8. The Kier molecular flexibility index (Phi) is 4.83. The normalized spacial score (nSPS) is 18.9. The van der Waals surface area contributed by atoms with Gasteiger partial charge in [0, 0.05) is 17.8 Å². The van der Waals surface area contributed by atoms with Gasteiger partial charge in [-0.05, 0) is 24.8 Å². The fourth-order valence-corrected chi connectivity index (χ4v) is 2.19. The first kappa shape index (κ1) is 16.7. The van der Waals surface area contributed by atoms with Crippen LogP contribution in [0.3, 0.4) is 0 Å². The van der Waals surface area contributed by atoms with Crippen molar-refractivity contribution in [1.29, 1.82) is 0 Å². The van der Waals surface area contributed by atoms with E-state index in [1.54, 1.807) is 6.92 Å². The van der Waals surface area contributed by atoms with Crippen LogP contribution in [0.2, 0.25) is 0 Å². The minimum absolute atomic E-state index is 0.0414. The van der Waals surface area contributed by atoms with Gasteiger partial charge in [-0.1, -0.05) is 6.92 Å². The van der Waals surface area contributed by atoms with Gasteiger partial charge >= 0.3 is 11.7 Å². The van der Waals surface area contributed by atoms with Crippen LogP contribution in [-0.4, -0.2) is 30.5 Å². The number of rotatable bonds is 6. The van der Waals surface area contributed by atoms with Crippen LogP contribution in [-0.2, 0) is 14.3 Å². The average Bonchev–Trinajstić information content (AvgIpc) is 3.23. The minimum atomic E-state index is -0.560. The standard InChI is InChI=1S/C15H18N2O6/c1-8-4-10(8)15(19)23-7-14(18)16-11-6-13(22-3)12(17(20)21)5-9(11)2/h5-6,8,10H,4,7H2,1-3H3,(H,16,18)/t8-,10-/m0/s1. The lowest BCUT2D eigenvalue weighted by Gasteiger charge is -2.11. The molecular formula is C15H18N2O6. The lowest BCUT2D eigenvalue weighted by Crippen LogP contribution is -2.22. The molecule has 1 aromatic rings. The number of nitrogens with zero attached hydrogens (tertiary/aromatic N) is 1. The van der Waals surface area contributed by atoms with E-state index in [4.69, 9.17) is 9.47 Å². The molecular weight excluding hydrogens is 304 g/mol. The van der Waals surface area contributed by atoms with E-state index < -0.39 is 10.8 Å². The van der Waals surface area contributed by atoms with E-state index in [9.17, 15) is 19.7 Å². The molecule has 0 radical (unpaired) electrons. The minimum Gasteiger partial charge on any atom is -0.490 e. The number of esters is 1. The summed E-state index contributed by atoms with van der Waals surface area (Å²) >= 11 is 0. The van der Waals surface area contributed by atoms with Crippen LogP contribution < -0.4 is 10.1 Å². The third-order valence-corrected chi connectivity index (χ3v) is 3.75. The summed E-state index contributed by atoms with van der Waals surface area (Å²) < 4.78 is 9.89. The van der Waals surface area contributed by atoms with Crippen LogP contribution in [0.5, 0.6) is 5.75 Å². The molecule has 124 valence electrons. The maximum Gasteiger partial charge on any atom is 0.311 e. The van der Waals surface area contributed by atoms with Gasteiger partial charge in [-0.15, -0.1) is 0 Å². The Morgan fingerprint density at radius 2 is 2.09 bits per heavy atom. The predicted octanol–water partition coefficient (Wildman–Crippen LogP) is 2.05. The lowest BCUT2D eigenvalue weighted by atomic mass is 10.1. The van der Waals surface area contributed by atoms with Crippen molar-refractivity contribution in [3.8, 4) is 5.75 Å². The number of anilines is 1. The number of nitrogens with one attached hydrogen (secondary N) is 1. The molecule has 8 heteroatoms. The fraction of sp³-hybridized carbons (Fsp3) is 0.467. The summed E-state index contributed by atoms with van der Waals surface area (Å²) in [7, 11) is 1.31. The zero-order valence-corrected chi connectivity index (χ0v) is 13.1.